The summed E-state index contributed by atoms with van der Waals surface area (Å²) in [5.74, 6) is 0.878. The number of rotatable bonds is 2. The van der Waals surface area contributed by atoms with Gasteiger partial charge in [0.1, 0.15) is 0 Å². The van der Waals surface area contributed by atoms with E-state index >= 15 is 0 Å². The highest BCUT2D eigenvalue weighted by atomic mass is 79.9. The van der Waals surface area contributed by atoms with E-state index in [1.54, 1.807) is 5.57 Å². The van der Waals surface area contributed by atoms with Crippen LogP contribution in [0, 0.1) is 5.92 Å². The molecule has 15 heavy (non-hydrogen) atoms. The average Bonchev–Trinajstić information content (AvgIpc) is 2.30. The molecule has 0 aliphatic heterocycles. The van der Waals surface area contributed by atoms with Gasteiger partial charge < -0.3 is 0 Å². The van der Waals surface area contributed by atoms with Gasteiger partial charge in [-0.1, -0.05) is 37.3 Å². The van der Waals surface area contributed by atoms with Crippen LogP contribution in [0.25, 0.3) is 5.57 Å². The van der Waals surface area contributed by atoms with Crippen LogP contribution in [0.15, 0.2) is 30.3 Å². The van der Waals surface area contributed by atoms with E-state index in [-0.39, 0.29) is 18.2 Å². The molecule has 0 amide bonds. The molecule has 1 aromatic carbocycles. The van der Waals surface area contributed by atoms with Crippen molar-refractivity contribution in [2.24, 2.45) is 5.92 Å². The molecule has 1 unspecified atom stereocenters. The van der Waals surface area contributed by atoms with Crippen molar-refractivity contribution in [1.29, 1.82) is 0 Å². The lowest BCUT2D eigenvalue weighted by atomic mass is 9.88. The van der Waals surface area contributed by atoms with Crippen LogP contribution in [0.2, 0.25) is 0 Å². The molecular formula is C13H15BrMg. The summed E-state index contributed by atoms with van der Waals surface area (Å²) in [7, 11) is 0. The van der Waals surface area contributed by atoms with Crippen LogP contribution in [0.1, 0.15) is 31.7 Å². The van der Waals surface area contributed by atoms with Gasteiger partial charge in [-0.2, -0.15) is 3.69 Å². The van der Waals surface area contributed by atoms with Crippen molar-refractivity contribution in [1.82, 2.24) is 0 Å². The van der Waals surface area contributed by atoms with Crippen molar-refractivity contribution in [2.75, 3.05) is 0 Å². The van der Waals surface area contributed by atoms with Crippen molar-refractivity contribution in [3.63, 3.8) is 0 Å². The highest BCUT2D eigenvalue weighted by molar-refractivity contribution is 9.23. The van der Waals surface area contributed by atoms with Gasteiger partial charge in [-0.05, 0) is 36.3 Å². The monoisotopic (exact) mass is 274 g/mol. The Labute approximate surface area is 108 Å². The van der Waals surface area contributed by atoms with Crippen LogP contribution in [0.5, 0.6) is 0 Å². The Morgan fingerprint density at radius 2 is 2.00 bits per heavy atom. The lowest BCUT2D eigenvalue weighted by Gasteiger charge is -2.18. The zero-order chi connectivity index (χ0) is 10.7. The summed E-state index contributed by atoms with van der Waals surface area (Å²) in [4.78, 5) is 0. The van der Waals surface area contributed by atoms with E-state index in [1.165, 1.54) is 28.5 Å². The minimum atomic E-state index is -0.169. The second kappa shape index (κ2) is 5.51. The molecule has 0 saturated carbocycles. The van der Waals surface area contributed by atoms with Crippen LogP contribution in [-0.4, -0.2) is 18.2 Å². The first-order chi connectivity index (χ1) is 7.29. The molecule has 1 aromatic rings. The van der Waals surface area contributed by atoms with Crippen molar-refractivity contribution >= 4 is 40.3 Å². The van der Waals surface area contributed by atoms with E-state index in [9.17, 15) is 0 Å². The molecule has 1 atom stereocenters. The molecule has 1 aliphatic rings. The summed E-state index contributed by atoms with van der Waals surface area (Å²) in [6.45, 7) is 2.34. The minimum absolute atomic E-state index is 0.169. The molecule has 0 aromatic heterocycles. The number of benzene rings is 1. The fourth-order valence-corrected chi connectivity index (χ4v) is 3.57. The Bertz CT molecular complexity index is 353. The Kier molecular flexibility index (Phi) is 4.29. The van der Waals surface area contributed by atoms with E-state index in [0.717, 1.165) is 5.92 Å². The molecule has 1 aliphatic carbocycles. The van der Waals surface area contributed by atoms with Crippen LogP contribution in [0.3, 0.4) is 0 Å². The van der Waals surface area contributed by atoms with Gasteiger partial charge in [0, 0.05) is 0 Å². The van der Waals surface area contributed by atoms with Gasteiger partial charge in [-0.25, -0.2) is 0 Å². The molecule has 0 fully saturated rings. The molecule has 0 saturated heterocycles. The molecule has 0 nitrogen and oxygen atoms in total. The average molecular weight is 275 g/mol. The van der Waals surface area contributed by atoms with Gasteiger partial charge in [0.15, 0.2) is 0 Å². The second-order valence-corrected chi connectivity index (χ2v) is 7.21. The molecule has 0 bridgehead atoms. The maximum atomic E-state index is 3.61. The summed E-state index contributed by atoms with van der Waals surface area (Å²) < 4.78 is 1.49. The van der Waals surface area contributed by atoms with Gasteiger partial charge in [0.25, 0.3) is 0 Å². The third kappa shape index (κ3) is 3.08. The summed E-state index contributed by atoms with van der Waals surface area (Å²) in [6.07, 6.45) is 6.28. The fourth-order valence-electron chi connectivity index (χ4n) is 2.04. The second-order valence-electron chi connectivity index (χ2n) is 4.44. The van der Waals surface area contributed by atoms with Crippen molar-refractivity contribution in [3.8, 4) is 0 Å². The molecule has 2 heteroatoms. The van der Waals surface area contributed by atoms with E-state index in [1.807, 2.05) is 0 Å². The maximum Gasteiger partial charge on any atom is 0.506 e. The normalized spacial score (nSPS) is 20.7. The van der Waals surface area contributed by atoms with Gasteiger partial charge in [-0.15, -0.1) is 0 Å². The highest BCUT2D eigenvalue weighted by Gasteiger charge is 2.11. The lowest BCUT2D eigenvalue weighted by molar-refractivity contribution is 0.534. The lowest BCUT2D eigenvalue weighted by Crippen LogP contribution is -2.07. The first-order valence-electron chi connectivity index (χ1n) is 5.64. The van der Waals surface area contributed by atoms with Gasteiger partial charge in [0.05, 0.1) is 0 Å². The van der Waals surface area contributed by atoms with E-state index < -0.39 is 0 Å². The van der Waals surface area contributed by atoms with Crippen molar-refractivity contribution < 1.29 is 0 Å². The van der Waals surface area contributed by atoms with Gasteiger partial charge in [-0.3, -0.25) is 12.9 Å². The molecule has 0 radical (unpaired) electrons. The SMILES string of the molecule is CC1CC=C(c2cc[c]([Mg][Br])cc2)CC1. The van der Waals surface area contributed by atoms with Gasteiger partial charge >= 0.3 is 18.2 Å². The molecular weight excluding hydrogens is 260 g/mol. The molecule has 76 valence electrons. The summed E-state index contributed by atoms with van der Waals surface area (Å²) >= 11 is 3.44. The topological polar surface area (TPSA) is 0 Å². The largest absolute Gasteiger partial charge is 0.506 e. The quantitative estimate of drug-likeness (QED) is 0.724. The first kappa shape index (κ1) is 11.7. The van der Waals surface area contributed by atoms with Gasteiger partial charge in [0.2, 0.25) is 0 Å². The zero-order valence-corrected chi connectivity index (χ0v) is 12.2. The Balaban J connectivity index is 2.16. The number of hydrogen-bond donors (Lipinski definition) is 0. The third-order valence-electron chi connectivity index (χ3n) is 3.15. The Morgan fingerprint density at radius 1 is 1.27 bits per heavy atom. The van der Waals surface area contributed by atoms with E-state index in [2.05, 4.69) is 50.1 Å². The van der Waals surface area contributed by atoms with Crippen LogP contribution < -0.4 is 3.69 Å². The maximum absolute atomic E-state index is 3.61. The number of hydrogen-bond acceptors (Lipinski definition) is 0. The number of halogens is 1. The summed E-state index contributed by atoms with van der Waals surface area (Å²) in [5, 5.41) is 0. The van der Waals surface area contributed by atoms with E-state index in [0.29, 0.717) is 0 Å². The molecule has 0 N–H and O–H groups in total. The number of allylic oxidation sites excluding steroid dienone is 2. The standard InChI is InChI=1S/C13H15.BrH.Mg/c1-11-7-9-13(10-8-11)12-5-3-2-4-6-12;;/h3-6,9,11H,7-8,10H2,1H3;1H;/q;;+1/p-1. The highest BCUT2D eigenvalue weighted by Crippen LogP contribution is 2.29. The third-order valence-corrected chi connectivity index (χ3v) is 5.87. The summed E-state index contributed by atoms with van der Waals surface area (Å²) in [6, 6.07) is 9.11. The van der Waals surface area contributed by atoms with Crippen LogP contribution in [-0.2, 0) is 0 Å². The molecule has 2 rings (SSSR count). The van der Waals surface area contributed by atoms with E-state index in [4.69, 9.17) is 0 Å². The fraction of sp³-hybridized carbons (Fsp3) is 0.385. The van der Waals surface area contributed by atoms with Crippen molar-refractivity contribution in [2.45, 2.75) is 26.2 Å². The Hall–Kier alpha value is 0.206. The zero-order valence-electron chi connectivity index (χ0n) is 9.17. The minimum Gasteiger partial charge on any atom is -0.296 e. The summed E-state index contributed by atoms with van der Waals surface area (Å²) in [5.41, 5.74) is 2.98. The first-order valence-corrected chi connectivity index (χ1v) is 10.2. The van der Waals surface area contributed by atoms with Crippen molar-refractivity contribution in [3.05, 3.63) is 35.9 Å². The predicted molar refractivity (Wildman–Crippen MR) is 71.7 cm³/mol. The smallest absolute Gasteiger partial charge is 0.296 e. The Morgan fingerprint density at radius 3 is 2.53 bits per heavy atom. The molecule has 0 spiro atoms. The molecule has 0 heterocycles. The van der Waals surface area contributed by atoms with Crippen LogP contribution >= 0.6 is 12.9 Å². The van der Waals surface area contributed by atoms with Crippen LogP contribution in [0.4, 0.5) is 0 Å². The predicted octanol–water partition coefficient (Wildman–Crippen LogP) is 3.53.